The Bertz CT molecular complexity index is 313. The first-order valence-corrected chi connectivity index (χ1v) is 8.47. The summed E-state index contributed by atoms with van der Waals surface area (Å²) in [5, 5.41) is 13.7. The molecule has 124 valence electrons. The van der Waals surface area contributed by atoms with Gasteiger partial charge in [0.25, 0.3) is 0 Å². The Kier molecular flexibility index (Phi) is 6.33. The summed E-state index contributed by atoms with van der Waals surface area (Å²) in [7, 11) is 0. The third kappa shape index (κ3) is 3.56. The van der Waals surface area contributed by atoms with Crippen molar-refractivity contribution in [2.75, 3.05) is 39.3 Å². The van der Waals surface area contributed by atoms with Crippen molar-refractivity contribution in [3.05, 3.63) is 0 Å². The Hall–Kier alpha value is 0.130. The van der Waals surface area contributed by atoms with Crippen molar-refractivity contribution in [1.29, 1.82) is 0 Å². The number of ether oxygens (including phenoxy) is 1. The fourth-order valence-corrected chi connectivity index (χ4v) is 4.40. The predicted molar refractivity (Wildman–Crippen MR) is 87.0 cm³/mol. The number of rotatable bonds is 4. The lowest BCUT2D eigenvalue weighted by Gasteiger charge is -2.56. The van der Waals surface area contributed by atoms with Crippen molar-refractivity contribution in [3.8, 4) is 0 Å². The molecule has 3 rings (SSSR count). The van der Waals surface area contributed by atoms with E-state index >= 15 is 0 Å². The van der Waals surface area contributed by atoms with E-state index in [9.17, 15) is 5.11 Å². The molecule has 2 atom stereocenters. The Morgan fingerprint density at radius 1 is 1.24 bits per heavy atom. The maximum absolute atomic E-state index is 10.2. The topological polar surface area (TPSA) is 44.7 Å². The molecule has 0 aromatic carbocycles. The van der Waals surface area contributed by atoms with E-state index in [1.165, 1.54) is 32.5 Å². The maximum Gasteiger partial charge on any atom is 0.0681 e. The van der Waals surface area contributed by atoms with Crippen molar-refractivity contribution < 1.29 is 9.84 Å². The summed E-state index contributed by atoms with van der Waals surface area (Å²) < 4.78 is 5.84. The monoisotopic (exact) mass is 318 g/mol. The Balaban J connectivity index is 0.00000161. The molecule has 0 aromatic rings. The van der Waals surface area contributed by atoms with Gasteiger partial charge in [-0.3, -0.25) is 0 Å². The lowest BCUT2D eigenvalue weighted by atomic mass is 9.58. The van der Waals surface area contributed by atoms with Gasteiger partial charge in [-0.2, -0.15) is 0 Å². The van der Waals surface area contributed by atoms with E-state index in [1.807, 2.05) is 0 Å². The van der Waals surface area contributed by atoms with Gasteiger partial charge in [0.1, 0.15) is 0 Å². The van der Waals surface area contributed by atoms with E-state index in [-0.39, 0.29) is 23.9 Å². The fraction of sp³-hybridized carbons (Fsp3) is 1.00. The number of piperidine rings is 2. The minimum Gasteiger partial charge on any atom is -0.392 e. The van der Waals surface area contributed by atoms with Crippen LogP contribution in [0.3, 0.4) is 0 Å². The maximum atomic E-state index is 10.2. The number of aliphatic hydroxyl groups excluding tert-OH is 1. The highest BCUT2D eigenvalue weighted by Crippen LogP contribution is 2.51. The molecule has 2 heterocycles. The summed E-state index contributed by atoms with van der Waals surface area (Å²) in [6.07, 6.45) is 5.91. The molecule has 2 saturated heterocycles. The van der Waals surface area contributed by atoms with Gasteiger partial charge in [0.05, 0.1) is 12.2 Å². The number of likely N-dealkylation sites (tertiary alicyclic amines) is 1. The Morgan fingerprint density at radius 2 is 1.90 bits per heavy atom. The molecule has 2 aliphatic heterocycles. The zero-order valence-corrected chi connectivity index (χ0v) is 14.0. The van der Waals surface area contributed by atoms with Gasteiger partial charge in [0, 0.05) is 25.0 Å². The van der Waals surface area contributed by atoms with E-state index in [1.54, 1.807) is 0 Å². The van der Waals surface area contributed by atoms with Crippen molar-refractivity contribution >= 4 is 12.4 Å². The number of nitrogens with one attached hydrogen (secondary N) is 1. The van der Waals surface area contributed by atoms with Crippen LogP contribution in [0, 0.1) is 11.3 Å². The minimum atomic E-state index is -0.125. The van der Waals surface area contributed by atoms with Gasteiger partial charge in [-0.1, -0.05) is 0 Å². The van der Waals surface area contributed by atoms with Crippen LogP contribution in [0.2, 0.25) is 0 Å². The third-order valence-corrected chi connectivity index (χ3v) is 5.87. The van der Waals surface area contributed by atoms with Gasteiger partial charge >= 0.3 is 0 Å². The van der Waals surface area contributed by atoms with Gasteiger partial charge in [-0.15, -0.1) is 12.4 Å². The second kappa shape index (κ2) is 7.60. The molecule has 0 amide bonds. The van der Waals surface area contributed by atoms with Crippen LogP contribution in [0.5, 0.6) is 0 Å². The van der Waals surface area contributed by atoms with Crippen LogP contribution in [0.25, 0.3) is 0 Å². The molecule has 21 heavy (non-hydrogen) atoms. The molecular weight excluding hydrogens is 288 g/mol. The predicted octanol–water partition coefficient (Wildman–Crippen LogP) is 1.66. The smallest absolute Gasteiger partial charge is 0.0681 e. The van der Waals surface area contributed by atoms with E-state index < -0.39 is 0 Å². The second-order valence-corrected chi connectivity index (χ2v) is 6.92. The highest BCUT2D eigenvalue weighted by atomic mass is 35.5. The van der Waals surface area contributed by atoms with Gasteiger partial charge in [-0.25, -0.2) is 0 Å². The number of hydrogen-bond acceptors (Lipinski definition) is 4. The quantitative estimate of drug-likeness (QED) is 0.827. The molecule has 0 radical (unpaired) electrons. The van der Waals surface area contributed by atoms with Crippen LogP contribution in [0.15, 0.2) is 0 Å². The number of hydrogen-bond donors (Lipinski definition) is 2. The normalized spacial score (nSPS) is 33.4. The molecular formula is C16H31ClN2O2. The number of aliphatic hydroxyl groups is 1. The highest BCUT2D eigenvalue weighted by molar-refractivity contribution is 5.85. The zero-order chi connectivity index (χ0) is 14.0. The SMILES string of the molecule is CCOC1CC(O)C12CCN(CC1CCNCC1)CC2.Cl. The largest absolute Gasteiger partial charge is 0.392 e. The highest BCUT2D eigenvalue weighted by Gasteiger charge is 2.55. The lowest BCUT2D eigenvalue weighted by molar-refractivity contribution is -0.209. The molecule has 0 aromatic heterocycles. The van der Waals surface area contributed by atoms with Crippen LogP contribution in [-0.2, 0) is 4.74 Å². The fourth-order valence-electron chi connectivity index (χ4n) is 4.40. The number of nitrogens with zero attached hydrogens (tertiary/aromatic N) is 1. The standard InChI is InChI=1S/C16H30N2O2.ClH/c1-2-20-15-11-14(19)16(15)5-9-18(10-6-16)12-13-3-7-17-8-4-13;/h13-15,17,19H,2-12H2,1H3;1H. The molecule has 4 nitrogen and oxygen atoms in total. The van der Waals surface area contributed by atoms with Crippen LogP contribution < -0.4 is 5.32 Å². The molecule has 2 N–H and O–H groups in total. The van der Waals surface area contributed by atoms with E-state index in [0.29, 0.717) is 6.10 Å². The van der Waals surface area contributed by atoms with Crippen LogP contribution in [0.1, 0.15) is 39.0 Å². The molecule has 3 aliphatic rings. The van der Waals surface area contributed by atoms with Crippen LogP contribution in [-0.4, -0.2) is 61.5 Å². The van der Waals surface area contributed by atoms with E-state index in [4.69, 9.17) is 4.74 Å². The summed E-state index contributed by atoms with van der Waals surface area (Å²) in [4.78, 5) is 2.62. The van der Waals surface area contributed by atoms with E-state index in [0.717, 1.165) is 44.9 Å². The van der Waals surface area contributed by atoms with Gasteiger partial charge in [0.15, 0.2) is 0 Å². The average molecular weight is 319 g/mol. The molecule has 1 aliphatic carbocycles. The van der Waals surface area contributed by atoms with Crippen molar-refractivity contribution in [2.45, 2.75) is 51.2 Å². The second-order valence-electron chi connectivity index (χ2n) is 6.92. The summed E-state index contributed by atoms with van der Waals surface area (Å²) >= 11 is 0. The molecule has 1 saturated carbocycles. The van der Waals surface area contributed by atoms with Crippen molar-refractivity contribution in [3.63, 3.8) is 0 Å². The number of halogens is 1. The zero-order valence-electron chi connectivity index (χ0n) is 13.2. The van der Waals surface area contributed by atoms with Crippen LogP contribution in [0.4, 0.5) is 0 Å². The third-order valence-electron chi connectivity index (χ3n) is 5.87. The average Bonchev–Trinajstić information content (AvgIpc) is 2.49. The summed E-state index contributed by atoms with van der Waals surface area (Å²) in [6.45, 7) is 8.76. The minimum absolute atomic E-state index is 0. The molecule has 5 heteroatoms. The Labute approximate surface area is 135 Å². The molecule has 0 bridgehead atoms. The summed E-state index contributed by atoms with van der Waals surface area (Å²) in [6, 6.07) is 0. The van der Waals surface area contributed by atoms with Crippen LogP contribution >= 0.6 is 12.4 Å². The Morgan fingerprint density at radius 3 is 2.48 bits per heavy atom. The first kappa shape index (κ1) is 17.5. The van der Waals surface area contributed by atoms with Gasteiger partial charge in [0.2, 0.25) is 0 Å². The van der Waals surface area contributed by atoms with Gasteiger partial charge < -0.3 is 20.1 Å². The van der Waals surface area contributed by atoms with Gasteiger partial charge in [-0.05, 0) is 64.7 Å². The molecule has 1 spiro atoms. The van der Waals surface area contributed by atoms with Crippen molar-refractivity contribution in [2.24, 2.45) is 11.3 Å². The summed E-state index contributed by atoms with van der Waals surface area (Å²) in [5.74, 6) is 0.874. The lowest BCUT2D eigenvalue weighted by Crippen LogP contribution is -2.62. The first-order valence-electron chi connectivity index (χ1n) is 8.47. The molecule has 3 fully saturated rings. The summed E-state index contributed by atoms with van der Waals surface area (Å²) in [5.41, 5.74) is 0.0840. The van der Waals surface area contributed by atoms with E-state index in [2.05, 4.69) is 17.1 Å². The van der Waals surface area contributed by atoms with Crippen molar-refractivity contribution in [1.82, 2.24) is 10.2 Å². The first-order chi connectivity index (χ1) is 9.74. The molecule has 2 unspecified atom stereocenters.